The topological polar surface area (TPSA) is 70.6 Å². The summed E-state index contributed by atoms with van der Waals surface area (Å²) in [5.41, 5.74) is 4.00. The van der Waals surface area contributed by atoms with Crippen LogP contribution in [0.25, 0.3) is 0 Å². The summed E-state index contributed by atoms with van der Waals surface area (Å²) in [4.78, 5) is 25.8. The van der Waals surface area contributed by atoms with Gasteiger partial charge in [-0.2, -0.15) is 0 Å². The minimum absolute atomic E-state index is 0.0900. The van der Waals surface area contributed by atoms with Gasteiger partial charge in [0, 0.05) is 31.5 Å². The highest BCUT2D eigenvalue weighted by molar-refractivity contribution is 5.89. The van der Waals surface area contributed by atoms with E-state index in [4.69, 9.17) is 9.72 Å². The van der Waals surface area contributed by atoms with E-state index in [1.54, 1.807) is 4.90 Å². The molecule has 26 heavy (non-hydrogen) atoms. The molecule has 2 aliphatic heterocycles. The van der Waals surface area contributed by atoms with E-state index < -0.39 is 0 Å². The third-order valence-electron chi connectivity index (χ3n) is 4.78. The first-order valence-corrected chi connectivity index (χ1v) is 8.99. The average Bonchev–Trinajstić information content (AvgIpc) is 2.68. The van der Waals surface area contributed by atoms with Crippen LogP contribution in [0.5, 0.6) is 0 Å². The Morgan fingerprint density at radius 2 is 2.08 bits per heavy atom. The lowest BCUT2D eigenvalue weighted by Gasteiger charge is -2.30. The number of nitrogens with one attached hydrogen (secondary N) is 1. The molecule has 1 fully saturated rings. The number of rotatable bonds is 2. The van der Waals surface area contributed by atoms with Crippen molar-refractivity contribution in [3.63, 3.8) is 0 Å². The van der Waals surface area contributed by atoms with Crippen LogP contribution in [0.1, 0.15) is 16.8 Å². The number of ether oxygens (including phenoxy) is 1. The van der Waals surface area contributed by atoms with Gasteiger partial charge in [-0.3, -0.25) is 0 Å². The fraction of sp³-hybridized carbons (Fsp3) is 0.421. The number of aryl methyl sites for hydroxylation is 1. The first-order chi connectivity index (χ1) is 12.7. The Balaban J connectivity index is 1.46. The number of anilines is 2. The summed E-state index contributed by atoms with van der Waals surface area (Å²) in [6, 6.07) is 7.73. The van der Waals surface area contributed by atoms with Gasteiger partial charge in [-0.1, -0.05) is 12.1 Å². The molecule has 0 bridgehead atoms. The predicted molar refractivity (Wildman–Crippen MR) is 99.4 cm³/mol. The lowest BCUT2D eigenvalue weighted by atomic mass is 10.1. The molecule has 7 heteroatoms. The second-order valence-corrected chi connectivity index (χ2v) is 6.71. The summed E-state index contributed by atoms with van der Waals surface area (Å²) in [5, 5.41) is 2.98. The van der Waals surface area contributed by atoms with Crippen LogP contribution in [0.3, 0.4) is 0 Å². The number of carbonyl (C=O) groups excluding carboxylic acids is 1. The first kappa shape index (κ1) is 16.8. The summed E-state index contributed by atoms with van der Waals surface area (Å²) in [6.07, 6.45) is 2.68. The molecule has 2 aliphatic rings. The zero-order valence-corrected chi connectivity index (χ0v) is 14.9. The highest BCUT2D eigenvalue weighted by Crippen LogP contribution is 2.21. The van der Waals surface area contributed by atoms with Gasteiger partial charge in [-0.05, 0) is 36.6 Å². The van der Waals surface area contributed by atoms with E-state index in [0.717, 1.165) is 48.0 Å². The minimum atomic E-state index is -0.0900. The molecule has 0 spiro atoms. The molecule has 4 rings (SSSR count). The number of hydrogen-bond donors (Lipinski definition) is 1. The van der Waals surface area contributed by atoms with Crippen molar-refractivity contribution in [1.82, 2.24) is 14.9 Å². The second-order valence-electron chi connectivity index (χ2n) is 6.71. The summed E-state index contributed by atoms with van der Waals surface area (Å²) >= 11 is 0. The number of benzene rings is 1. The highest BCUT2D eigenvalue weighted by atomic mass is 16.5. The molecule has 3 heterocycles. The molecule has 1 aromatic heterocycles. The van der Waals surface area contributed by atoms with Gasteiger partial charge in [0.15, 0.2) is 0 Å². The van der Waals surface area contributed by atoms with Crippen LogP contribution in [0.15, 0.2) is 30.5 Å². The number of urea groups is 1. The van der Waals surface area contributed by atoms with Crippen LogP contribution < -0.4 is 10.2 Å². The van der Waals surface area contributed by atoms with Crippen molar-refractivity contribution in [3.8, 4) is 0 Å². The third kappa shape index (κ3) is 3.62. The molecule has 2 amide bonds. The number of nitrogens with zero attached hydrogens (tertiary/aromatic N) is 4. The summed E-state index contributed by atoms with van der Waals surface area (Å²) < 4.78 is 5.39. The Morgan fingerprint density at radius 1 is 1.23 bits per heavy atom. The fourth-order valence-electron chi connectivity index (χ4n) is 3.31. The smallest absolute Gasteiger partial charge is 0.322 e. The van der Waals surface area contributed by atoms with E-state index in [9.17, 15) is 4.79 Å². The summed E-state index contributed by atoms with van der Waals surface area (Å²) in [5.74, 6) is 0.730. The number of hydrogen-bond acceptors (Lipinski definition) is 5. The van der Waals surface area contributed by atoms with Crippen LogP contribution in [-0.2, 0) is 17.7 Å². The maximum atomic E-state index is 12.6. The van der Waals surface area contributed by atoms with Gasteiger partial charge >= 0.3 is 6.03 Å². The van der Waals surface area contributed by atoms with Crippen molar-refractivity contribution in [2.75, 3.05) is 43.1 Å². The van der Waals surface area contributed by atoms with Crippen LogP contribution in [0.4, 0.5) is 16.4 Å². The monoisotopic (exact) mass is 353 g/mol. The van der Waals surface area contributed by atoms with Gasteiger partial charge in [0.1, 0.15) is 0 Å². The van der Waals surface area contributed by atoms with E-state index in [1.807, 2.05) is 37.4 Å². The Kier molecular flexibility index (Phi) is 4.71. The number of morpholine rings is 1. The standard InChI is InChI=1S/C19H23N5O2/c1-14-3-2-4-16(11-14)21-19(25)24-6-5-15-12-20-18(22-17(15)13-24)23-7-9-26-10-8-23/h2-4,11-12H,5-10,13H2,1H3,(H,21,25). The molecule has 1 saturated heterocycles. The molecular formula is C19H23N5O2. The van der Waals surface area contributed by atoms with E-state index in [1.165, 1.54) is 0 Å². The Bertz CT molecular complexity index is 804. The van der Waals surface area contributed by atoms with E-state index >= 15 is 0 Å². The SMILES string of the molecule is Cc1cccc(NC(=O)N2CCc3cnc(N4CCOCC4)nc3C2)c1. The van der Waals surface area contributed by atoms with Gasteiger partial charge in [-0.25, -0.2) is 14.8 Å². The quantitative estimate of drug-likeness (QED) is 0.896. The van der Waals surface area contributed by atoms with Gasteiger partial charge in [-0.15, -0.1) is 0 Å². The normalized spacial score (nSPS) is 17.0. The zero-order chi connectivity index (χ0) is 17.9. The van der Waals surface area contributed by atoms with Gasteiger partial charge < -0.3 is 19.9 Å². The van der Waals surface area contributed by atoms with Gasteiger partial charge in [0.25, 0.3) is 0 Å². The molecule has 0 atom stereocenters. The van der Waals surface area contributed by atoms with E-state index in [0.29, 0.717) is 26.3 Å². The lowest BCUT2D eigenvalue weighted by molar-refractivity contribution is 0.122. The molecule has 1 N–H and O–H groups in total. The molecule has 0 unspecified atom stereocenters. The van der Waals surface area contributed by atoms with Crippen molar-refractivity contribution in [3.05, 3.63) is 47.3 Å². The molecule has 7 nitrogen and oxygen atoms in total. The highest BCUT2D eigenvalue weighted by Gasteiger charge is 2.24. The summed E-state index contributed by atoms with van der Waals surface area (Å²) in [6.45, 7) is 6.19. The van der Waals surface area contributed by atoms with E-state index in [2.05, 4.69) is 15.2 Å². The van der Waals surface area contributed by atoms with Crippen molar-refractivity contribution >= 4 is 17.7 Å². The molecule has 2 aromatic rings. The van der Waals surface area contributed by atoms with Crippen LogP contribution in [0.2, 0.25) is 0 Å². The second kappa shape index (κ2) is 7.29. The molecule has 136 valence electrons. The van der Waals surface area contributed by atoms with Crippen LogP contribution in [-0.4, -0.2) is 53.7 Å². The predicted octanol–water partition coefficient (Wildman–Crippen LogP) is 2.21. The van der Waals surface area contributed by atoms with Crippen LogP contribution in [0, 0.1) is 6.92 Å². The molecule has 0 saturated carbocycles. The number of carbonyl (C=O) groups is 1. The number of fused-ring (bicyclic) bond motifs is 1. The largest absolute Gasteiger partial charge is 0.378 e. The minimum Gasteiger partial charge on any atom is -0.378 e. The Hall–Kier alpha value is -2.67. The van der Waals surface area contributed by atoms with Gasteiger partial charge in [0.2, 0.25) is 5.95 Å². The lowest BCUT2D eigenvalue weighted by Crippen LogP contribution is -2.40. The van der Waals surface area contributed by atoms with Crippen molar-refractivity contribution in [2.24, 2.45) is 0 Å². The molecule has 0 aliphatic carbocycles. The maximum Gasteiger partial charge on any atom is 0.322 e. The molecule has 0 radical (unpaired) electrons. The first-order valence-electron chi connectivity index (χ1n) is 8.99. The zero-order valence-electron chi connectivity index (χ0n) is 14.9. The Morgan fingerprint density at radius 3 is 2.88 bits per heavy atom. The Labute approximate surface area is 153 Å². The number of amides is 2. The summed E-state index contributed by atoms with van der Waals surface area (Å²) in [7, 11) is 0. The molecular weight excluding hydrogens is 330 g/mol. The van der Waals surface area contributed by atoms with Crippen molar-refractivity contribution in [1.29, 1.82) is 0 Å². The van der Waals surface area contributed by atoms with Crippen LogP contribution >= 0.6 is 0 Å². The fourth-order valence-corrected chi connectivity index (χ4v) is 3.31. The molecule has 1 aromatic carbocycles. The van der Waals surface area contributed by atoms with Gasteiger partial charge in [0.05, 0.1) is 25.5 Å². The third-order valence-corrected chi connectivity index (χ3v) is 4.78. The van der Waals surface area contributed by atoms with E-state index in [-0.39, 0.29) is 6.03 Å². The van der Waals surface area contributed by atoms with Crippen molar-refractivity contribution in [2.45, 2.75) is 19.9 Å². The van der Waals surface area contributed by atoms with Crippen molar-refractivity contribution < 1.29 is 9.53 Å². The average molecular weight is 353 g/mol. The maximum absolute atomic E-state index is 12.6. The number of aromatic nitrogens is 2.